The molecule has 3 nitrogen and oxygen atoms in total. The van der Waals surface area contributed by atoms with E-state index in [0.717, 1.165) is 12.0 Å². The first kappa shape index (κ1) is 13.8. The number of fused-ring (bicyclic) bond motifs is 7. The number of hydrogen-bond donors (Lipinski definition) is 0. The van der Waals surface area contributed by atoms with Crippen LogP contribution in [0, 0.1) is 17.7 Å². The van der Waals surface area contributed by atoms with Gasteiger partial charge in [-0.15, -0.1) is 0 Å². The summed E-state index contributed by atoms with van der Waals surface area (Å²) in [7, 11) is 0. The maximum absolute atomic E-state index is 14.4. The highest BCUT2D eigenvalue weighted by molar-refractivity contribution is 5.93. The molecule has 1 fully saturated rings. The normalized spacial score (nSPS) is 31.4. The molecule has 0 unspecified atom stereocenters. The zero-order valence-corrected chi connectivity index (χ0v) is 13.0. The Morgan fingerprint density at radius 2 is 2.00 bits per heavy atom. The molecule has 4 rings (SSSR count). The molecule has 2 bridgehead atoms. The predicted molar refractivity (Wildman–Crippen MR) is 82.4 cm³/mol. The number of nitrogens with zero attached hydrogens (tertiary/aromatic N) is 1. The Hall–Kier alpha value is -1.84. The van der Waals surface area contributed by atoms with Crippen molar-refractivity contribution in [3.05, 3.63) is 41.7 Å². The Bertz CT molecular complexity index is 676. The maximum atomic E-state index is 14.4. The zero-order chi connectivity index (χ0) is 15.6. The van der Waals surface area contributed by atoms with Crippen molar-refractivity contribution in [2.45, 2.75) is 44.8 Å². The molecule has 4 heteroatoms. The highest BCUT2D eigenvalue weighted by atomic mass is 19.1. The summed E-state index contributed by atoms with van der Waals surface area (Å²) in [6, 6.07) is 5.11. The Kier molecular flexibility index (Phi) is 2.72. The van der Waals surface area contributed by atoms with Gasteiger partial charge < -0.3 is 4.74 Å². The van der Waals surface area contributed by atoms with Gasteiger partial charge in [-0.05, 0) is 50.7 Å². The van der Waals surface area contributed by atoms with Crippen molar-refractivity contribution in [1.82, 2.24) is 0 Å². The smallest absolute Gasteiger partial charge is 0.415 e. The molecule has 0 radical (unpaired) electrons. The van der Waals surface area contributed by atoms with Gasteiger partial charge in [-0.2, -0.15) is 0 Å². The number of allylic oxidation sites excluding steroid dienone is 1. The molecular formula is C18H20FNO2. The fourth-order valence-electron chi connectivity index (χ4n) is 4.29. The monoisotopic (exact) mass is 301 g/mol. The van der Waals surface area contributed by atoms with Gasteiger partial charge in [0.2, 0.25) is 0 Å². The Labute approximate surface area is 129 Å². The van der Waals surface area contributed by atoms with E-state index in [2.05, 4.69) is 12.2 Å². The topological polar surface area (TPSA) is 29.5 Å². The van der Waals surface area contributed by atoms with Gasteiger partial charge in [-0.25, -0.2) is 9.18 Å². The van der Waals surface area contributed by atoms with Crippen molar-refractivity contribution in [3.63, 3.8) is 0 Å². The molecule has 1 aliphatic heterocycles. The largest absolute Gasteiger partial charge is 0.443 e. The second kappa shape index (κ2) is 4.34. The number of para-hydroxylation sites is 1. The number of hydrogen-bond acceptors (Lipinski definition) is 2. The van der Waals surface area contributed by atoms with Crippen LogP contribution in [0.1, 0.15) is 38.7 Å². The molecule has 1 heterocycles. The van der Waals surface area contributed by atoms with Gasteiger partial charge in [0.1, 0.15) is 11.4 Å². The number of carbonyl (C=O) groups is 1. The van der Waals surface area contributed by atoms with E-state index >= 15 is 0 Å². The number of rotatable bonds is 0. The van der Waals surface area contributed by atoms with Gasteiger partial charge in [-0.1, -0.05) is 24.3 Å². The van der Waals surface area contributed by atoms with Crippen LogP contribution < -0.4 is 4.90 Å². The molecule has 116 valence electrons. The summed E-state index contributed by atoms with van der Waals surface area (Å²) in [4.78, 5) is 14.3. The Morgan fingerprint density at radius 1 is 1.27 bits per heavy atom. The predicted octanol–water partition coefficient (Wildman–Crippen LogP) is 4.24. The van der Waals surface area contributed by atoms with Crippen LogP contribution in [0.3, 0.4) is 0 Å². The average Bonchev–Trinajstić information content (AvgIpc) is 3.06. The summed E-state index contributed by atoms with van der Waals surface area (Å²) in [6.07, 6.45) is 5.00. The van der Waals surface area contributed by atoms with Gasteiger partial charge >= 0.3 is 6.09 Å². The molecule has 0 spiro atoms. The van der Waals surface area contributed by atoms with Crippen LogP contribution in [0.15, 0.2) is 30.4 Å². The molecule has 3 aliphatic rings. The first-order valence-corrected chi connectivity index (χ1v) is 7.86. The van der Waals surface area contributed by atoms with E-state index < -0.39 is 11.7 Å². The van der Waals surface area contributed by atoms with Crippen LogP contribution in [-0.4, -0.2) is 17.7 Å². The van der Waals surface area contributed by atoms with Gasteiger partial charge in [0.25, 0.3) is 0 Å². The van der Waals surface area contributed by atoms with E-state index in [1.165, 1.54) is 6.07 Å². The van der Waals surface area contributed by atoms with Crippen molar-refractivity contribution in [1.29, 1.82) is 0 Å². The van der Waals surface area contributed by atoms with Crippen molar-refractivity contribution in [3.8, 4) is 0 Å². The number of ether oxygens (including phenoxy) is 1. The minimum Gasteiger partial charge on any atom is -0.443 e. The van der Waals surface area contributed by atoms with Gasteiger partial charge in [0.15, 0.2) is 0 Å². The number of amides is 1. The lowest BCUT2D eigenvalue weighted by atomic mass is 9.86. The average molecular weight is 301 g/mol. The molecule has 2 aliphatic carbocycles. The maximum Gasteiger partial charge on any atom is 0.415 e. The quantitative estimate of drug-likeness (QED) is 0.671. The third-order valence-corrected chi connectivity index (χ3v) is 4.92. The molecule has 4 atom stereocenters. The van der Waals surface area contributed by atoms with E-state index in [1.54, 1.807) is 11.0 Å². The molecule has 1 amide bonds. The van der Waals surface area contributed by atoms with Gasteiger partial charge in [0, 0.05) is 5.92 Å². The number of benzene rings is 1. The van der Waals surface area contributed by atoms with E-state index in [-0.39, 0.29) is 17.8 Å². The molecule has 1 saturated carbocycles. The van der Waals surface area contributed by atoms with Crippen molar-refractivity contribution in [2.75, 3.05) is 4.90 Å². The summed E-state index contributed by atoms with van der Waals surface area (Å²) in [5, 5.41) is 0. The van der Waals surface area contributed by atoms with Crippen LogP contribution in [0.4, 0.5) is 14.9 Å². The number of carbonyl (C=O) groups excluding carboxylic acids is 1. The van der Waals surface area contributed by atoms with Crippen LogP contribution in [0.2, 0.25) is 0 Å². The molecule has 0 saturated heterocycles. The minimum atomic E-state index is -0.589. The van der Waals surface area contributed by atoms with Crippen molar-refractivity contribution in [2.24, 2.45) is 11.8 Å². The van der Waals surface area contributed by atoms with Crippen LogP contribution in [0.25, 0.3) is 0 Å². The lowest BCUT2D eigenvalue weighted by Gasteiger charge is -2.32. The second-order valence-electron chi connectivity index (χ2n) is 7.49. The summed E-state index contributed by atoms with van der Waals surface area (Å²) in [5.74, 6) is 0.572. The number of anilines is 1. The van der Waals surface area contributed by atoms with Gasteiger partial charge in [0.05, 0.1) is 11.7 Å². The minimum absolute atomic E-state index is 0.00301. The molecular weight excluding hydrogens is 281 g/mol. The molecule has 0 N–H and O–H groups in total. The van der Waals surface area contributed by atoms with Crippen LogP contribution in [0.5, 0.6) is 0 Å². The molecule has 22 heavy (non-hydrogen) atoms. The second-order valence-corrected chi connectivity index (χ2v) is 7.49. The Balaban J connectivity index is 1.80. The van der Waals surface area contributed by atoms with E-state index in [0.29, 0.717) is 17.5 Å². The van der Waals surface area contributed by atoms with E-state index in [1.807, 2.05) is 26.8 Å². The third-order valence-electron chi connectivity index (χ3n) is 4.92. The summed E-state index contributed by atoms with van der Waals surface area (Å²) in [6.45, 7) is 5.50. The van der Waals surface area contributed by atoms with Crippen molar-refractivity contribution >= 4 is 11.8 Å². The third kappa shape index (κ3) is 1.82. The Morgan fingerprint density at radius 3 is 2.73 bits per heavy atom. The van der Waals surface area contributed by atoms with E-state index in [4.69, 9.17) is 4.74 Å². The first-order chi connectivity index (χ1) is 10.4. The highest BCUT2D eigenvalue weighted by Gasteiger charge is 2.56. The van der Waals surface area contributed by atoms with Crippen LogP contribution in [-0.2, 0) is 4.74 Å². The molecule has 0 aromatic heterocycles. The number of halogens is 1. The SMILES string of the molecule is CC(C)(C)OC(=O)N1c2c(F)cccc2[C@H]2[C@@H]1[C@@H]1C=C[C@H]2C1. The summed E-state index contributed by atoms with van der Waals surface area (Å²) >= 11 is 0. The molecule has 1 aromatic rings. The van der Waals surface area contributed by atoms with Crippen LogP contribution >= 0.6 is 0 Å². The lowest BCUT2D eigenvalue weighted by Crippen LogP contribution is -2.44. The highest BCUT2D eigenvalue weighted by Crippen LogP contribution is 2.58. The lowest BCUT2D eigenvalue weighted by molar-refractivity contribution is 0.0562. The van der Waals surface area contributed by atoms with E-state index in [9.17, 15) is 9.18 Å². The summed E-state index contributed by atoms with van der Waals surface area (Å²) < 4.78 is 20.0. The fraction of sp³-hybridized carbons (Fsp3) is 0.500. The van der Waals surface area contributed by atoms with Gasteiger partial charge in [-0.3, -0.25) is 4.90 Å². The standard InChI is InChI=1S/C18H20FNO2/c1-18(2,3)22-17(21)20-15-11-8-7-10(9-11)14(15)12-5-4-6-13(19)16(12)20/h4-8,10-11,14-15H,9H2,1-3H3/t10-,11+,14-,15-/m0/s1. The molecule has 1 aromatic carbocycles. The first-order valence-electron chi connectivity index (χ1n) is 7.86. The summed E-state index contributed by atoms with van der Waals surface area (Å²) in [5.41, 5.74) is 0.784. The fourth-order valence-corrected chi connectivity index (χ4v) is 4.29. The zero-order valence-electron chi connectivity index (χ0n) is 13.0. The van der Waals surface area contributed by atoms with Crippen molar-refractivity contribution < 1.29 is 13.9 Å².